The highest BCUT2D eigenvalue weighted by atomic mass is 79.9. The number of ether oxygens (including phenoxy) is 2. The molecule has 158 valence electrons. The second-order valence-electron chi connectivity index (χ2n) is 8.01. The molecule has 0 aliphatic carbocycles. The normalized spacial score (nSPS) is 19.2. The maximum Gasteiger partial charge on any atom is 0.213 e. The van der Waals surface area contributed by atoms with E-state index < -0.39 is 0 Å². The largest absolute Gasteiger partial charge is 0.497 e. The minimum absolute atomic E-state index is 0.122. The molecule has 2 atom stereocenters. The summed E-state index contributed by atoms with van der Waals surface area (Å²) in [6.45, 7) is 0. The van der Waals surface area contributed by atoms with E-state index in [-0.39, 0.29) is 12.3 Å². The van der Waals surface area contributed by atoms with E-state index in [2.05, 4.69) is 68.3 Å². The van der Waals surface area contributed by atoms with Crippen LogP contribution in [0.5, 0.6) is 11.5 Å². The molecular formula is C25H24BrN3O2. The molecule has 3 aromatic rings. The molecule has 2 heterocycles. The third-order valence-electron chi connectivity index (χ3n) is 5.87. The van der Waals surface area contributed by atoms with E-state index >= 15 is 0 Å². The molecule has 0 saturated heterocycles. The van der Waals surface area contributed by atoms with Crippen molar-refractivity contribution in [3.8, 4) is 11.5 Å². The third-order valence-corrected chi connectivity index (χ3v) is 6.36. The predicted octanol–water partition coefficient (Wildman–Crippen LogP) is 5.77. The van der Waals surface area contributed by atoms with Gasteiger partial charge in [-0.15, -0.1) is 0 Å². The Bertz CT molecular complexity index is 1130. The summed E-state index contributed by atoms with van der Waals surface area (Å²) in [5.41, 5.74) is 5.56. The SMILES string of the molecule is COc1ccc(C2=NN3[C@@H](C2)c2cc(Br)ccc2O[C@H]3c2ccc(N(C)C)cc2)cc1. The number of hydrazone groups is 1. The highest BCUT2D eigenvalue weighted by Crippen LogP contribution is 2.48. The van der Waals surface area contributed by atoms with Crippen molar-refractivity contribution in [2.45, 2.75) is 18.7 Å². The number of benzene rings is 3. The van der Waals surface area contributed by atoms with Crippen LogP contribution in [-0.4, -0.2) is 31.9 Å². The number of methoxy groups -OCH3 is 1. The Kier molecular flexibility index (Phi) is 5.10. The van der Waals surface area contributed by atoms with Crippen LogP contribution < -0.4 is 14.4 Å². The molecule has 5 nitrogen and oxygen atoms in total. The van der Waals surface area contributed by atoms with Gasteiger partial charge in [-0.1, -0.05) is 28.1 Å². The zero-order chi connectivity index (χ0) is 21.5. The summed E-state index contributed by atoms with van der Waals surface area (Å²) in [6.07, 6.45) is 0.552. The zero-order valence-corrected chi connectivity index (χ0v) is 19.3. The average Bonchev–Trinajstić information content (AvgIpc) is 3.24. The average molecular weight is 478 g/mol. The molecule has 0 saturated carbocycles. The van der Waals surface area contributed by atoms with Gasteiger partial charge in [0.15, 0.2) is 0 Å². The predicted molar refractivity (Wildman–Crippen MR) is 127 cm³/mol. The van der Waals surface area contributed by atoms with Gasteiger partial charge in [0, 0.05) is 41.8 Å². The molecule has 0 spiro atoms. The number of nitrogens with zero attached hydrogens (tertiary/aromatic N) is 3. The van der Waals surface area contributed by atoms with Crippen LogP contribution in [0.1, 0.15) is 35.4 Å². The van der Waals surface area contributed by atoms with Crippen LogP contribution in [0.2, 0.25) is 0 Å². The second-order valence-corrected chi connectivity index (χ2v) is 8.93. The van der Waals surface area contributed by atoms with Gasteiger partial charge in [0.05, 0.1) is 18.9 Å². The lowest BCUT2D eigenvalue weighted by atomic mass is 9.96. The molecule has 0 aromatic heterocycles. The first-order valence-electron chi connectivity index (χ1n) is 10.3. The maximum atomic E-state index is 6.47. The number of fused-ring (bicyclic) bond motifs is 3. The van der Waals surface area contributed by atoms with Gasteiger partial charge in [-0.2, -0.15) is 5.10 Å². The first-order valence-corrected chi connectivity index (χ1v) is 11.1. The number of hydrogen-bond donors (Lipinski definition) is 0. The Hall–Kier alpha value is -2.99. The Morgan fingerprint density at radius 1 is 1.03 bits per heavy atom. The molecule has 0 bridgehead atoms. The molecular weight excluding hydrogens is 454 g/mol. The summed E-state index contributed by atoms with van der Waals surface area (Å²) in [4.78, 5) is 2.09. The summed E-state index contributed by atoms with van der Waals surface area (Å²) in [7, 11) is 5.77. The van der Waals surface area contributed by atoms with E-state index in [0.717, 1.165) is 50.5 Å². The van der Waals surface area contributed by atoms with Gasteiger partial charge in [-0.3, -0.25) is 0 Å². The first-order chi connectivity index (χ1) is 15.0. The van der Waals surface area contributed by atoms with Crippen molar-refractivity contribution in [2.24, 2.45) is 5.10 Å². The van der Waals surface area contributed by atoms with E-state index in [4.69, 9.17) is 14.6 Å². The monoisotopic (exact) mass is 477 g/mol. The van der Waals surface area contributed by atoms with Gasteiger partial charge in [0.1, 0.15) is 11.5 Å². The summed E-state index contributed by atoms with van der Waals surface area (Å²) in [5.74, 6) is 1.76. The summed E-state index contributed by atoms with van der Waals surface area (Å²) < 4.78 is 12.8. The fraction of sp³-hybridized carbons (Fsp3) is 0.240. The van der Waals surface area contributed by atoms with Crippen molar-refractivity contribution in [3.63, 3.8) is 0 Å². The van der Waals surface area contributed by atoms with Crippen molar-refractivity contribution < 1.29 is 9.47 Å². The molecule has 31 heavy (non-hydrogen) atoms. The smallest absolute Gasteiger partial charge is 0.213 e. The van der Waals surface area contributed by atoms with Gasteiger partial charge in [-0.05, 0) is 60.2 Å². The van der Waals surface area contributed by atoms with E-state index in [0.29, 0.717) is 0 Å². The van der Waals surface area contributed by atoms with Gasteiger partial charge < -0.3 is 14.4 Å². The van der Waals surface area contributed by atoms with Gasteiger partial charge in [-0.25, -0.2) is 5.01 Å². The number of hydrogen-bond acceptors (Lipinski definition) is 5. The van der Waals surface area contributed by atoms with Crippen molar-refractivity contribution in [2.75, 3.05) is 26.1 Å². The van der Waals surface area contributed by atoms with Crippen molar-refractivity contribution in [3.05, 3.63) is 87.9 Å². The lowest BCUT2D eigenvalue weighted by Crippen LogP contribution is -2.33. The Balaban J connectivity index is 1.55. The molecule has 0 unspecified atom stereocenters. The zero-order valence-electron chi connectivity index (χ0n) is 17.7. The van der Waals surface area contributed by atoms with Crippen LogP contribution in [0, 0.1) is 0 Å². The standard InChI is InChI=1S/C25H24BrN3O2/c1-28(2)19-9-4-17(5-10-19)25-29-23(21-14-18(26)8-13-24(21)31-25)15-22(27-29)16-6-11-20(30-3)12-7-16/h4-14,23,25H,15H2,1-3H3/t23-,25-/m0/s1. The highest BCUT2D eigenvalue weighted by molar-refractivity contribution is 9.10. The van der Waals surface area contributed by atoms with Crippen molar-refractivity contribution in [1.82, 2.24) is 5.01 Å². The van der Waals surface area contributed by atoms with Crippen LogP contribution in [0.4, 0.5) is 5.69 Å². The number of anilines is 1. The Morgan fingerprint density at radius 3 is 2.45 bits per heavy atom. The van der Waals surface area contributed by atoms with E-state index in [1.54, 1.807) is 7.11 Å². The summed E-state index contributed by atoms with van der Waals surface area (Å²) in [6, 6.07) is 22.9. The second kappa shape index (κ2) is 7.93. The van der Waals surface area contributed by atoms with E-state index in [1.165, 1.54) is 0 Å². The minimum Gasteiger partial charge on any atom is -0.497 e. The highest BCUT2D eigenvalue weighted by Gasteiger charge is 2.41. The Labute approximate surface area is 191 Å². The van der Waals surface area contributed by atoms with Crippen LogP contribution in [0.3, 0.4) is 0 Å². The van der Waals surface area contributed by atoms with Crippen LogP contribution in [-0.2, 0) is 0 Å². The van der Waals surface area contributed by atoms with Crippen LogP contribution >= 0.6 is 15.9 Å². The van der Waals surface area contributed by atoms with E-state index in [1.807, 2.05) is 38.4 Å². The molecule has 6 heteroatoms. The molecule has 0 radical (unpaired) electrons. The number of rotatable bonds is 4. The molecule has 0 fully saturated rings. The molecule has 2 aliphatic heterocycles. The molecule has 0 amide bonds. The molecule has 2 aliphatic rings. The topological polar surface area (TPSA) is 37.3 Å². The minimum atomic E-state index is -0.273. The number of halogens is 1. The van der Waals surface area contributed by atoms with Crippen LogP contribution in [0.15, 0.2) is 76.3 Å². The van der Waals surface area contributed by atoms with Gasteiger partial charge in [0.2, 0.25) is 6.23 Å². The maximum absolute atomic E-state index is 6.47. The molecule has 0 N–H and O–H groups in total. The molecule has 3 aromatic carbocycles. The lowest BCUT2D eigenvalue weighted by molar-refractivity contribution is -0.0190. The van der Waals surface area contributed by atoms with Crippen LogP contribution in [0.25, 0.3) is 0 Å². The quantitative estimate of drug-likeness (QED) is 0.478. The molecule has 5 rings (SSSR count). The van der Waals surface area contributed by atoms with E-state index in [9.17, 15) is 0 Å². The van der Waals surface area contributed by atoms with Gasteiger partial charge in [0.25, 0.3) is 0 Å². The fourth-order valence-electron chi connectivity index (χ4n) is 4.17. The summed E-state index contributed by atoms with van der Waals surface area (Å²) in [5, 5.41) is 7.15. The van der Waals surface area contributed by atoms with Gasteiger partial charge >= 0.3 is 0 Å². The lowest BCUT2D eigenvalue weighted by Gasteiger charge is -2.38. The third kappa shape index (κ3) is 3.65. The summed E-state index contributed by atoms with van der Waals surface area (Å²) >= 11 is 3.61. The Morgan fingerprint density at radius 2 is 1.77 bits per heavy atom. The van der Waals surface area contributed by atoms with Crippen molar-refractivity contribution in [1.29, 1.82) is 0 Å². The van der Waals surface area contributed by atoms with Crippen molar-refractivity contribution >= 4 is 27.3 Å². The fourth-order valence-corrected chi connectivity index (χ4v) is 4.55. The first kappa shape index (κ1) is 19.9.